The molecule has 1 saturated carbocycles. The van der Waals surface area contributed by atoms with Gasteiger partial charge >= 0.3 is 0 Å². The van der Waals surface area contributed by atoms with Crippen LogP contribution >= 0.6 is 0 Å². The molecular weight excluding hydrogens is 174 g/mol. The Morgan fingerprint density at radius 1 is 1.57 bits per heavy atom. The van der Waals surface area contributed by atoms with E-state index in [1.54, 1.807) is 0 Å². The second-order valence-electron chi connectivity index (χ2n) is 4.56. The maximum atomic E-state index is 9.92. The molecule has 0 aliphatic heterocycles. The number of nitriles is 1. The Morgan fingerprint density at radius 3 is 2.79 bits per heavy atom. The molecule has 1 N–H and O–H groups in total. The summed E-state index contributed by atoms with van der Waals surface area (Å²) in [6, 6.07) is 2.38. The van der Waals surface area contributed by atoms with Gasteiger partial charge in [0, 0.05) is 0 Å². The van der Waals surface area contributed by atoms with E-state index in [9.17, 15) is 10.4 Å². The van der Waals surface area contributed by atoms with E-state index in [4.69, 9.17) is 0 Å². The van der Waals surface area contributed by atoms with Crippen molar-refractivity contribution in [2.75, 3.05) is 0 Å². The molecule has 0 aromatic carbocycles. The average Bonchev–Trinajstić information content (AvgIpc) is 2.27. The quantitative estimate of drug-likeness (QED) is 0.752. The van der Waals surface area contributed by atoms with Gasteiger partial charge in [0.1, 0.15) is 0 Å². The van der Waals surface area contributed by atoms with E-state index in [0.29, 0.717) is 12.3 Å². The minimum absolute atomic E-state index is 0.429. The zero-order valence-electron chi connectivity index (χ0n) is 9.29. The van der Waals surface area contributed by atoms with Crippen LogP contribution in [0.15, 0.2) is 0 Å². The molecular formula is C12H21NO. The summed E-state index contributed by atoms with van der Waals surface area (Å²) >= 11 is 0. The number of hydrogen-bond donors (Lipinski definition) is 1. The smallest absolute Gasteiger partial charge is 0.0834 e. The second-order valence-corrected chi connectivity index (χ2v) is 4.56. The third-order valence-corrected chi connectivity index (χ3v) is 3.71. The zero-order valence-corrected chi connectivity index (χ0v) is 9.29. The van der Waals surface area contributed by atoms with Crippen molar-refractivity contribution < 1.29 is 5.11 Å². The van der Waals surface area contributed by atoms with E-state index in [1.807, 2.05) is 6.92 Å². The van der Waals surface area contributed by atoms with Gasteiger partial charge in [0.2, 0.25) is 0 Å². The Bertz CT molecular complexity index is 221. The Kier molecular flexibility index (Phi) is 3.95. The minimum Gasteiger partial charge on any atom is -0.391 e. The van der Waals surface area contributed by atoms with Gasteiger partial charge in [-0.25, -0.2) is 0 Å². The Morgan fingerprint density at radius 2 is 2.29 bits per heavy atom. The fraction of sp³-hybridized carbons (Fsp3) is 0.917. The maximum Gasteiger partial charge on any atom is 0.0834 e. The average molecular weight is 195 g/mol. The minimum atomic E-state index is -0.437. The first-order chi connectivity index (χ1) is 6.68. The molecule has 1 aliphatic rings. The van der Waals surface area contributed by atoms with Crippen LogP contribution in [0.3, 0.4) is 0 Å². The lowest BCUT2D eigenvalue weighted by Crippen LogP contribution is -2.38. The van der Waals surface area contributed by atoms with Crippen molar-refractivity contribution in [1.82, 2.24) is 0 Å². The second kappa shape index (κ2) is 4.79. The van der Waals surface area contributed by atoms with Crippen LogP contribution in [0.4, 0.5) is 0 Å². The number of aliphatic hydroxyl groups excluding tert-OH is 1. The monoisotopic (exact) mass is 195 g/mol. The van der Waals surface area contributed by atoms with Gasteiger partial charge in [-0.2, -0.15) is 5.26 Å². The van der Waals surface area contributed by atoms with Crippen LogP contribution in [0.25, 0.3) is 0 Å². The molecule has 0 bridgehead atoms. The van der Waals surface area contributed by atoms with Crippen molar-refractivity contribution in [1.29, 1.82) is 5.26 Å². The highest BCUT2D eigenvalue weighted by Gasteiger charge is 2.41. The SMILES string of the molecule is CCC1CCCC(C#N)(C(O)CC)C1. The molecule has 0 saturated heterocycles. The summed E-state index contributed by atoms with van der Waals surface area (Å²) in [6.45, 7) is 4.13. The van der Waals surface area contributed by atoms with Crippen LogP contribution in [0, 0.1) is 22.7 Å². The van der Waals surface area contributed by atoms with Gasteiger partial charge in [-0.1, -0.05) is 33.1 Å². The van der Waals surface area contributed by atoms with Gasteiger partial charge in [0.25, 0.3) is 0 Å². The molecule has 1 aliphatic carbocycles. The van der Waals surface area contributed by atoms with Gasteiger partial charge in [0.05, 0.1) is 17.6 Å². The van der Waals surface area contributed by atoms with Crippen LogP contribution in [-0.4, -0.2) is 11.2 Å². The number of rotatable bonds is 3. The molecule has 0 aromatic rings. The highest BCUT2D eigenvalue weighted by molar-refractivity contribution is 5.05. The molecule has 0 radical (unpaired) electrons. The van der Waals surface area contributed by atoms with Gasteiger partial charge in [-0.05, 0) is 25.2 Å². The lowest BCUT2D eigenvalue weighted by atomic mass is 9.66. The molecule has 3 unspecified atom stereocenters. The maximum absolute atomic E-state index is 9.92. The summed E-state index contributed by atoms with van der Waals surface area (Å²) in [5.41, 5.74) is -0.437. The molecule has 0 heterocycles. The van der Waals surface area contributed by atoms with Gasteiger partial charge < -0.3 is 5.11 Å². The van der Waals surface area contributed by atoms with Gasteiger partial charge in [0.15, 0.2) is 0 Å². The van der Waals surface area contributed by atoms with Crippen LogP contribution in [0.1, 0.15) is 52.4 Å². The fourth-order valence-corrected chi connectivity index (χ4v) is 2.64. The lowest BCUT2D eigenvalue weighted by Gasteiger charge is -2.38. The number of hydrogen-bond acceptors (Lipinski definition) is 2. The van der Waals surface area contributed by atoms with Gasteiger partial charge in [-0.3, -0.25) is 0 Å². The number of nitrogens with zero attached hydrogens (tertiary/aromatic N) is 1. The molecule has 1 fully saturated rings. The normalized spacial score (nSPS) is 34.9. The fourth-order valence-electron chi connectivity index (χ4n) is 2.64. The Balaban J connectivity index is 2.74. The van der Waals surface area contributed by atoms with Crippen LogP contribution < -0.4 is 0 Å². The summed E-state index contributed by atoms with van der Waals surface area (Å²) in [7, 11) is 0. The standard InChI is InChI=1S/C12H21NO/c1-3-10-6-5-7-12(8-10,9-13)11(14)4-2/h10-11,14H,3-8H2,1-2H3. The van der Waals surface area contributed by atoms with E-state index >= 15 is 0 Å². The zero-order chi connectivity index (χ0) is 10.6. The predicted octanol–water partition coefficient (Wildman–Crippen LogP) is 2.87. The van der Waals surface area contributed by atoms with Crippen molar-refractivity contribution in [3.63, 3.8) is 0 Å². The highest BCUT2D eigenvalue weighted by atomic mass is 16.3. The van der Waals surface area contributed by atoms with E-state index in [-0.39, 0.29) is 0 Å². The summed E-state index contributed by atoms with van der Waals surface area (Å²) in [6.07, 6.45) is 5.52. The van der Waals surface area contributed by atoms with Crippen LogP contribution in [0.2, 0.25) is 0 Å². The topological polar surface area (TPSA) is 44.0 Å². The molecule has 0 aromatic heterocycles. The van der Waals surface area contributed by atoms with Crippen molar-refractivity contribution in [2.24, 2.45) is 11.3 Å². The first kappa shape index (κ1) is 11.5. The van der Waals surface area contributed by atoms with E-state index in [2.05, 4.69) is 13.0 Å². The van der Waals surface area contributed by atoms with Gasteiger partial charge in [-0.15, -0.1) is 0 Å². The molecule has 3 atom stereocenters. The molecule has 0 amide bonds. The molecule has 2 nitrogen and oxygen atoms in total. The van der Waals surface area contributed by atoms with E-state index in [0.717, 1.165) is 25.7 Å². The van der Waals surface area contributed by atoms with Crippen molar-refractivity contribution in [2.45, 2.75) is 58.5 Å². The summed E-state index contributed by atoms with van der Waals surface area (Å²) < 4.78 is 0. The summed E-state index contributed by atoms with van der Waals surface area (Å²) in [5.74, 6) is 0.643. The predicted molar refractivity (Wildman–Crippen MR) is 56.6 cm³/mol. The molecule has 1 rings (SSSR count). The first-order valence-electron chi connectivity index (χ1n) is 5.77. The van der Waals surface area contributed by atoms with E-state index in [1.165, 1.54) is 6.42 Å². The molecule has 0 spiro atoms. The van der Waals surface area contributed by atoms with Crippen LogP contribution in [0.5, 0.6) is 0 Å². The molecule has 14 heavy (non-hydrogen) atoms. The third-order valence-electron chi connectivity index (χ3n) is 3.71. The molecule has 2 heteroatoms. The van der Waals surface area contributed by atoms with E-state index < -0.39 is 11.5 Å². The summed E-state index contributed by atoms with van der Waals surface area (Å²) in [5, 5.41) is 19.2. The first-order valence-corrected chi connectivity index (χ1v) is 5.77. The highest BCUT2D eigenvalue weighted by Crippen LogP contribution is 2.43. The van der Waals surface area contributed by atoms with Crippen molar-refractivity contribution >= 4 is 0 Å². The number of aliphatic hydroxyl groups is 1. The Labute approximate surface area is 86.9 Å². The largest absolute Gasteiger partial charge is 0.391 e. The Hall–Kier alpha value is -0.550. The third kappa shape index (κ3) is 2.09. The van der Waals surface area contributed by atoms with Crippen molar-refractivity contribution in [3.05, 3.63) is 0 Å². The lowest BCUT2D eigenvalue weighted by molar-refractivity contribution is 0.0177. The molecule has 80 valence electrons. The van der Waals surface area contributed by atoms with Crippen LogP contribution in [-0.2, 0) is 0 Å². The van der Waals surface area contributed by atoms with Crippen molar-refractivity contribution in [3.8, 4) is 6.07 Å². The summed E-state index contributed by atoms with van der Waals surface area (Å²) in [4.78, 5) is 0.